The Hall–Kier alpha value is -2.04. The molecule has 1 aliphatic heterocycles. The summed E-state index contributed by atoms with van der Waals surface area (Å²) in [5.74, 6) is -0.615. The molecule has 1 aromatic rings. The normalized spacial score (nSPS) is 26.8. The highest BCUT2D eigenvalue weighted by Gasteiger charge is 2.48. The van der Waals surface area contributed by atoms with Crippen LogP contribution in [-0.4, -0.2) is 30.1 Å². The number of hydrogen-bond donors (Lipinski definition) is 2. The summed E-state index contributed by atoms with van der Waals surface area (Å²) >= 11 is 0. The molecule has 1 saturated heterocycles. The number of methoxy groups -OCH3 is 1. The predicted molar refractivity (Wildman–Crippen MR) is 64.5 cm³/mol. The lowest BCUT2D eigenvalue weighted by molar-refractivity contribution is -0.141. The highest BCUT2D eigenvalue weighted by Crippen LogP contribution is 2.37. The lowest BCUT2D eigenvalue weighted by Crippen LogP contribution is -2.44. The van der Waals surface area contributed by atoms with E-state index >= 15 is 0 Å². The third-order valence-corrected chi connectivity index (χ3v) is 3.45. The maximum atomic E-state index is 11.5. The molecule has 1 fully saturated rings. The molecule has 0 aromatic heterocycles. The van der Waals surface area contributed by atoms with E-state index in [2.05, 4.69) is 5.32 Å². The van der Waals surface area contributed by atoms with E-state index in [0.29, 0.717) is 5.75 Å². The van der Waals surface area contributed by atoms with E-state index in [1.165, 1.54) is 0 Å². The van der Waals surface area contributed by atoms with Gasteiger partial charge in [-0.05, 0) is 17.7 Å². The Morgan fingerprint density at radius 2 is 2.28 bits per heavy atom. The zero-order valence-corrected chi connectivity index (χ0v) is 10.3. The molecular weight excluding hydrogens is 234 g/mol. The molecule has 0 aliphatic carbocycles. The number of ether oxygens (including phenoxy) is 1. The molecule has 0 spiro atoms. The van der Waals surface area contributed by atoms with Crippen LogP contribution in [0.3, 0.4) is 0 Å². The number of nitrogens with one attached hydrogen (secondary N) is 1. The number of carbonyl (C=O) groups excluding carboxylic acids is 1. The molecule has 5 heteroatoms. The number of carbonyl (C=O) groups is 2. The Bertz CT molecular complexity index is 500. The van der Waals surface area contributed by atoms with E-state index < -0.39 is 17.4 Å². The molecule has 5 nitrogen and oxygen atoms in total. The first-order valence-corrected chi connectivity index (χ1v) is 5.64. The van der Waals surface area contributed by atoms with E-state index in [-0.39, 0.29) is 12.3 Å². The molecule has 2 atom stereocenters. The fourth-order valence-electron chi connectivity index (χ4n) is 2.39. The first-order chi connectivity index (χ1) is 8.47. The van der Waals surface area contributed by atoms with Crippen molar-refractivity contribution in [3.05, 3.63) is 29.8 Å². The number of benzene rings is 1. The molecule has 2 rings (SSSR count). The van der Waals surface area contributed by atoms with Gasteiger partial charge < -0.3 is 15.2 Å². The van der Waals surface area contributed by atoms with Crippen LogP contribution in [0.15, 0.2) is 24.3 Å². The van der Waals surface area contributed by atoms with Crippen LogP contribution in [0.5, 0.6) is 5.75 Å². The van der Waals surface area contributed by atoms with Crippen molar-refractivity contribution in [3.63, 3.8) is 0 Å². The minimum absolute atomic E-state index is 0.164. The molecule has 0 radical (unpaired) electrons. The zero-order chi connectivity index (χ0) is 13.3. The van der Waals surface area contributed by atoms with Crippen molar-refractivity contribution in [3.8, 4) is 5.75 Å². The van der Waals surface area contributed by atoms with Gasteiger partial charge in [0.15, 0.2) is 0 Å². The van der Waals surface area contributed by atoms with Crippen molar-refractivity contribution in [2.45, 2.75) is 24.8 Å². The lowest BCUT2D eigenvalue weighted by Gasteiger charge is -2.28. The van der Waals surface area contributed by atoms with Gasteiger partial charge >= 0.3 is 5.97 Å². The Morgan fingerprint density at radius 3 is 2.89 bits per heavy atom. The average Bonchev–Trinajstić information content (AvgIpc) is 2.66. The van der Waals surface area contributed by atoms with Gasteiger partial charge in [0.05, 0.1) is 7.11 Å². The van der Waals surface area contributed by atoms with Gasteiger partial charge in [0, 0.05) is 11.8 Å². The molecular formula is C13H15NO4. The summed E-state index contributed by atoms with van der Waals surface area (Å²) in [6.45, 7) is 1.78. The van der Waals surface area contributed by atoms with Gasteiger partial charge in [0.25, 0.3) is 0 Å². The van der Waals surface area contributed by atoms with Crippen LogP contribution in [0.2, 0.25) is 0 Å². The molecule has 1 aromatic carbocycles. The Kier molecular flexibility index (Phi) is 2.98. The fraction of sp³-hybridized carbons (Fsp3) is 0.385. The minimum Gasteiger partial charge on any atom is -0.497 e. The molecule has 0 bridgehead atoms. The predicted octanol–water partition coefficient (Wildman–Crippen LogP) is 0.926. The van der Waals surface area contributed by atoms with E-state index in [1.54, 1.807) is 32.2 Å². The van der Waals surface area contributed by atoms with Gasteiger partial charge in [-0.1, -0.05) is 19.1 Å². The Balaban J connectivity index is 2.45. The van der Waals surface area contributed by atoms with Crippen molar-refractivity contribution in [1.82, 2.24) is 5.32 Å². The molecule has 1 amide bonds. The molecule has 2 N–H and O–H groups in total. The van der Waals surface area contributed by atoms with Crippen LogP contribution in [0.1, 0.15) is 18.9 Å². The summed E-state index contributed by atoms with van der Waals surface area (Å²) < 4.78 is 5.13. The number of hydrogen-bond acceptors (Lipinski definition) is 3. The van der Waals surface area contributed by atoms with Gasteiger partial charge in [-0.25, -0.2) is 4.79 Å². The average molecular weight is 249 g/mol. The standard InChI is InChI=1S/C13H15NO4/c1-13(7-10(15)14-11(13)12(16)17)8-4-3-5-9(6-8)18-2/h3-6,11H,7H2,1-2H3,(H,14,15)(H,16,17). The summed E-state index contributed by atoms with van der Waals surface area (Å²) in [4.78, 5) is 22.7. The maximum absolute atomic E-state index is 11.5. The lowest BCUT2D eigenvalue weighted by atomic mass is 9.76. The van der Waals surface area contributed by atoms with Gasteiger partial charge in [0.1, 0.15) is 11.8 Å². The topological polar surface area (TPSA) is 75.6 Å². The summed E-state index contributed by atoms with van der Waals surface area (Å²) in [6, 6.07) is 6.26. The van der Waals surface area contributed by atoms with E-state index in [9.17, 15) is 14.7 Å². The van der Waals surface area contributed by atoms with Crippen LogP contribution in [0.25, 0.3) is 0 Å². The highest BCUT2D eigenvalue weighted by atomic mass is 16.5. The number of carboxylic acid groups (broad SMARTS) is 1. The zero-order valence-electron chi connectivity index (χ0n) is 10.3. The largest absolute Gasteiger partial charge is 0.497 e. The third-order valence-electron chi connectivity index (χ3n) is 3.45. The molecule has 96 valence electrons. The number of amides is 1. The molecule has 2 unspecified atom stereocenters. The number of carboxylic acids is 1. The quantitative estimate of drug-likeness (QED) is 0.835. The molecule has 18 heavy (non-hydrogen) atoms. The summed E-state index contributed by atoms with van der Waals surface area (Å²) in [7, 11) is 1.55. The van der Waals surface area contributed by atoms with Crippen LogP contribution in [-0.2, 0) is 15.0 Å². The summed E-state index contributed by atoms with van der Waals surface area (Å²) in [5, 5.41) is 11.7. The maximum Gasteiger partial charge on any atom is 0.327 e. The summed E-state index contributed by atoms with van der Waals surface area (Å²) in [5.41, 5.74) is 0.0323. The second-order valence-corrected chi connectivity index (χ2v) is 4.66. The van der Waals surface area contributed by atoms with Gasteiger partial charge in [0.2, 0.25) is 5.91 Å². The smallest absolute Gasteiger partial charge is 0.327 e. The van der Waals surface area contributed by atoms with Gasteiger partial charge in [-0.3, -0.25) is 4.79 Å². The van der Waals surface area contributed by atoms with Gasteiger partial charge in [-0.2, -0.15) is 0 Å². The van der Waals surface area contributed by atoms with Crippen LogP contribution < -0.4 is 10.1 Å². The van der Waals surface area contributed by atoms with Crippen LogP contribution in [0, 0.1) is 0 Å². The van der Waals surface area contributed by atoms with Crippen molar-refractivity contribution in [2.75, 3.05) is 7.11 Å². The van der Waals surface area contributed by atoms with Crippen LogP contribution in [0.4, 0.5) is 0 Å². The SMILES string of the molecule is COc1cccc(C2(C)CC(=O)NC2C(=O)O)c1. The van der Waals surface area contributed by atoms with Crippen molar-refractivity contribution >= 4 is 11.9 Å². The first kappa shape index (κ1) is 12.4. The Morgan fingerprint density at radius 1 is 1.56 bits per heavy atom. The molecule has 1 heterocycles. The van der Waals surface area contributed by atoms with E-state index in [1.807, 2.05) is 6.07 Å². The summed E-state index contributed by atoms with van der Waals surface area (Å²) in [6.07, 6.45) is 0.164. The highest BCUT2D eigenvalue weighted by molar-refractivity contribution is 5.90. The number of aliphatic carboxylic acids is 1. The van der Waals surface area contributed by atoms with Crippen LogP contribution >= 0.6 is 0 Å². The molecule has 1 aliphatic rings. The first-order valence-electron chi connectivity index (χ1n) is 5.64. The minimum atomic E-state index is -1.02. The Labute approximate surface area is 105 Å². The van der Waals surface area contributed by atoms with Crippen molar-refractivity contribution in [2.24, 2.45) is 0 Å². The fourth-order valence-corrected chi connectivity index (χ4v) is 2.39. The number of rotatable bonds is 3. The van der Waals surface area contributed by atoms with E-state index in [0.717, 1.165) is 5.56 Å². The third kappa shape index (κ3) is 1.92. The second kappa shape index (κ2) is 4.33. The van der Waals surface area contributed by atoms with E-state index in [4.69, 9.17) is 4.74 Å². The second-order valence-electron chi connectivity index (χ2n) is 4.66. The van der Waals surface area contributed by atoms with Gasteiger partial charge in [-0.15, -0.1) is 0 Å². The molecule has 0 saturated carbocycles. The monoisotopic (exact) mass is 249 g/mol. The van der Waals surface area contributed by atoms with Crippen molar-refractivity contribution < 1.29 is 19.4 Å². The van der Waals surface area contributed by atoms with Crippen molar-refractivity contribution in [1.29, 1.82) is 0 Å².